The molecule has 0 aliphatic carbocycles. The lowest BCUT2D eigenvalue weighted by Gasteiger charge is -2.12. The predicted molar refractivity (Wildman–Crippen MR) is 79.7 cm³/mol. The fraction of sp³-hybridized carbons (Fsp3) is 1.00. The van der Waals surface area contributed by atoms with Gasteiger partial charge in [-0.05, 0) is 34.7 Å². The number of thioether (sulfide) groups is 2. The summed E-state index contributed by atoms with van der Waals surface area (Å²) in [4.78, 5) is 0. The number of rotatable bonds is 9. The highest BCUT2D eigenvalue weighted by molar-refractivity contribution is 8.00. The lowest BCUT2D eigenvalue weighted by molar-refractivity contribution is 0.781. The van der Waals surface area contributed by atoms with E-state index >= 15 is 0 Å². The first-order valence-corrected chi connectivity index (χ1v) is 8.53. The second kappa shape index (κ2) is 11.8. The number of thiol groups is 3. The summed E-state index contributed by atoms with van der Waals surface area (Å²) < 4.78 is 0. The van der Waals surface area contributed by atoms with Crippen LogP contribution >= 0.6 is 61.4 Å². The van der Waals surface area contributed by atoms with Gasteiger partial charge in [-0.2, -0.15) is 61.4 Å². The zero-order valence-electron chi connectivity index (χ0n) is 7.69. The van der Waals surface area contributed by atoms with Gasteiger partial charge < -0.3 is 0 Å². The van der Waals surface area contributed by atoms with Crippen molar-refractivity contribution in [2.45, 2.75) is 0 Å². The largest absolute Gasteiger partial charge is 0.179 e. The first-order valence-electron chi connectivity index (χ1n) is 4.33. The van der Waals surface area contributed by atoms with Crippen LogP contribution in [0.15, 0.2) is 0 Å². The van der Waals surface area contributed by atoms with Crippen molar-refractivity contribution in [3.05, 3.63) is 0 Å². The summed E-state index contributed by atoms with van der Waals surface area (Å²) >= 11 is 16.7. The van der Waals surface area contributed by atoms with Crippen molar-refractivity contribution >= 4 is 61.4 Å². The van der Waals surface area contributed by atoms with Crippen LogP contribution in [0.3, 0.4) is 0 Å². The van der Waals surface area contributed by atoms with E-state index in [1.807, 2.05) is 23.5 Å². The maximum absolute atomic E-state index is 4.36. The van der Waals surface area contributed by atoms with E-state index in [1.165, 1.54) is 11.5 Å². The van der Waals surface area contributed by atoms with Crippen molar-refractivity contribution in [1.82, 2.24) is 0 Å². The van der Waals surface area contributed by atoms with Crippen LogP contribution in [0.2, 0.25) is 0 Å². The highest BCUT2D eigenvalue weighted by atomic mass is 32.2. The van der Waals surface area contributed by atoms with Crippen molar-refractivity contribution in [2.75, 3.05) is 40.3 Å². The molecule has 0 heterocycles. The second-order valence-corrected chi connectivity index (χ2v) is 6.20. The van der Waals surface area contributed by atoms with Crippen LogP contribution in [0.1, 0.15) is 0 Å². The van der Waals surface area contributed by atoms with Gasteiger partial charge in [-0.3, -0.25) is 0 Å². The average molecular weight is 275 g/mol. The maximum atomic E-state index is 4.36. The minimum atomic E-state index is 0.748. The zero-order chi connectivity index (χ0) is 9.94. The molecule has 0 amide bonds. The summed E-state index contributed by atoms with van der Waals surface area (Å²) in [6.45, 7) is 0. The van der Waals surface area contributed by atoms with Crippen LogP contribution in [0, 0.1) is 5.92 Å². The minimum absolute atomic E-state index is 0.748. The van der Waals surface area contributed by atoms with Crippen molar-refractivity contribution in [3.63, 3.8) is 0 Å². The Labute approximate surface area is 107 Å². The second-order valence-electron chi connectivity index (χ2n) is 2.65. The Morgan fingerprint density at radius 2 is 1.31 bits per heavy atom. The zero-order valence-corrected chi connectivity index (χ0v) is 12.0. The van der Waals surface area contributed by atoms with Gasteiger partial charge in [0.2, 0.25) is 0 Å². The summed E-state index contributed by atoms with van der Waals surface area (Å²) in [5.41, 5.74) is 0. The maximum Gasteiger partial charge on any atom is 0.00211 e. The first kappa shape index (κ1) is 14.8. The molecule has 0 aliphatic rings. The summed E-state index contributed by atoms with van der Waals surface area (Å²) in [5, 5.41) is 0. The van der Waals surface area contributed by atoms with E-state index < -0.39 is 0 Å². The Morgan fingerprint density at radius 3 is 1.62 bits per heavy atom. The Hall–Kier alpha value is 1.75. The van der Waals surface area contributed by atoms with Gasteiger partial charge in [-0.1, -0.05) is 0 Å². The monoisotopic (exact) mass is 274 g/mol. The molecule has 0 radical (unpaired) electrons. The molecule has 0 fully saturated rings. The van der Waals surface area contributed by atoms with Crippen molar-refractivity contribution in [2.24, 2.45) is 5.92 Å². The molecule has 0 nitrogen and oxygen atoms in total. The molecule has 0 aromatic rings. The van der Waals surface area contributed by atoms with Gasteiger partial charge in [-0.15, -0.1) is 0 Å². The summed E-state index contributed by atoms with van der Waals surface area (Å²) in [6.07, 6.45) is 0. The van der Waals surface area contributed by atoms with Gasteiger partial charge in [-0.25, -0.2) is 0 Å². The molecule has 0 aliphatic heterocycles. The fourth-order valence-electron chi connectivity index (χ4n) is 0.783. The molecule has 0 rings (SSSR count). The molecular formula is C8H18S5. The Balaban J connectivity index is 3.28. The summed E-state index contributed by atoms with van der Waals surface area (Å²) in [5.74, 6) is 8.47. The normalized spacial score (nSPS) is 11.1. The van der Waals surface area contributed by atoms with E-state index in [9.17, 15) is 0 Å². The molecule has 13 heavy (non-hydrogen) atoms. The SMILES string of the molecule is SCCSCC(CS)CSCCS. The van der Waals surface area contributed by atoms with Gasteiger partial charge in [0.25, 0.3) is 0 Å². The van der Waals surface area contributed by atoms with Crippen LogP contribution in [-0.2, 0) is 0 Å². The van der Waals surface area contributed by atoms with Gasteiger partial charge in [0.15, 0.2) is 0 Å². The number of hydrogen-bond acceptors (Lipinski definition) is 5. The van der Waals surface area contributed by atoms with E-state index in [-0.39, 0.29) is 0 Å². The molecule has 0 aromatic heterocycles. The van der Waals surface area contributed by atoms with Crippen LogP contribution in [0.4, 0.5) is 0 Å². The molecular weight excluding hydrogens is 256 g/mol. The van der Waals surface area contributed by atoms with Gasteiger partial charge >= 0.3 is 0 Å². The Morgan fingerprint density at radius 1 is 0.846 bits per heavy atom. The Kier molecular flexibility index (Phi) is 13.4. The highest BCUT2D eigenvalue weighted by Crippen LogP contribution is 2.16. The molecule has 0 aromatic carbocycles. The summed E-state index contributed by atoms with van der Waals surface area (Å²) in [6, 6.07) is 0. The molecule has 0 spiro atoms. The molecule has 0 unspecified atom stereocenters. The van der Waals surface area contributed by atoms with E-state index in [1.54, 1.807) is 0 Å². The predicted octanol–water partition coefficient (Wildman–Crippen LogP) is 2.86. The van der Waals surface area contributed by atoms with E-state index in [4.69, 9.17) is 0 Å². The van der Waals surface area contributed by atoms with Crippen LogP contribution in [0.5, 0.6) is 0 Å². The first-order chi connectivity index (χ1) is 6.35. The van der Waals surface area contributed by atoms with Crippen LogP contribution in [0.25, 0.3) is 0 Å². The van der Waals surface area contributed by atoms with E-state index in [0.29, 0.717) is 0 Å². The lowest BCUT2D eigenvalue weighted by Crippen LogP contribution is -2.10. The van der Waals surface area contributed by atoms with E-state index in [0.717, 1.165) is 34.7 Å². The third-order valence-electron chi connectivity index (χ3n) is 1.44. The molecule has 0 saturated carbocycles. The molecule has 0 bridgehead atoms. The third-order valence-corrected chi connectivity index (χ3v) is 5.41. The smallest absolute Gasteiger partial charge is 0.00211 e. The van der Waals surface area contributed by atoms with E-state index in [2.05, 4.69) is 37.9 Å². The molecule has 80 valence electrons. The van der Waals surface area contributed by atoms with Crippen LogP contribution in [-0.4, -0.2) is 40.3 Å². The van der Waals surface area contributed by atoms with Crippen molar-refractivity contribution in [1.29, 1.82) is 0 Å². The fourth-order valence-corrected chi connectivity index (χ4v) is 4.04. The Bertz CT molecular complexity index is 88.5. The molecule has 5 heteroatoms. The quantitative estimate of drug-likeness (QED) is 0.437. The third kappa shape index (κ3) is 10.0. The summed E-state index contributed by atoms with van der Waals surface area (Å²) in [7, 11) is 0. The van der Waals surface area contributed by atoms with Gasteiger partial charge in [0.1, 0.15) is 0 Å². The van der Waals surface area contributed by atoms with Gasteiger partial charge in [0, 0.05) is 11.5 Å². The van der Waals surface area contributed by atoms with Crippen LogP contribution < -0.4 is 0 Å². The minimum Gasteiger partial charge on any atom is -0.179 e. The van der Waals surface area contributed by atoms with Gasteiger partial charge in [0.05, 0.1) is 0 Å². The lowest BCUT2D eigenvalue weighted by atomic mass is 10.3. The highest BCUT2D eigenvalue weighted by Gasteiger charge is 2.06. The van der Waals surface area contributed by atoms with Crippen molar-refractivity contribution in [3.8, 4) is 0 Å². The van der Waals surface area contributed by atoms with Crippen molar-refractivity contribution < 1.29 is 0 Å². The topological polar surface area (TPSA) is 0 Å². The standard InChI is InChI=1S/C8H18S5/c9-1-3-12-6-8(5-11)7-13-4-2-10/h8-11H,1-7H2. The molecule has 0 N–H and O–H groups in total. The number of hydrogen-bond donors (Lipinski definition) is 3. The molecule has 0 saturated heterocycles. The molecule has 0 atom stereocenters. The average Bonchev–Trinajstić information content (AvgIpc) is 2.16.